The van der Waals surface area contributed by atoms with E-state index in [9.17, 15) is 19.1 Å². The van der Waals surface area contributed by atoms with E-state index in [1.165, 1.54) is 28.8 Å². The fraction of sp³-hybridized carbons (Fsp3) is 0.286. The van der Waals surface area contributed by atoms with Crippen molar-refractivity contribution in [2.75, 3.05) is 18.0 Å². The number of aromatic nitrogens is 2. The fourth-order valence-electron chi connectivity index (χ4n) is 3.68. The van der Waals surface area contributed by atoms with Crippen LogP contribution in [0.2, 0.25) is 0 Å². The van der Waals surface area contributed by atoms with Gasteiger partial charge in [0.2, 0.25) is 5.43 Å². The van der Waals surface area contributed by atoms with Gasteiger partial charge in [-0.3, -0.25) is 4.79 Å². The number of fused-ring (bicyclic) bond motifs is 1. The van der Waals surface area contributed by atoms with Crippen LogP contribution in [0.15, 0.2) is 41.3 Å². The topological polar surface area (TPSA) is 87.5 Å². The largest absolute Gasteiger partial charge is 0.477 e. The third-order valence-electron chi connectivity index (χ3n) is 5.28. The Hall–Kier alpha value is -3.33. The molecule has 2 N–H and O–H groups in total. The molecule has 30 heavy (non-hydrogen) atoms. The number of nitrogens with zero attached hydrogens (tertiary/aromatic N) is 3. The number of nitrogens with one attached hydrogen (secondary N) is 1. The molecule has 7 nitrogen and oxygen atoms in total. The Morgan fingerprint density at radius 1 is 1.23 bits per heavy atom. The molecule has 1 aliphatic rings. The zero-order valence-electron chi connectivity index (χ0n) is 16.4. The van der Waals surface area contributed by atoms with E-state index in [1.807, 2.05) is 18.7 Å². The minimum absolute atomic E-state index is 0.0371. The Morgan fingerprint density at radius 2 is 1.93 bits per heavy atom. The van der Waals surface area contributed by atoms with Gasteiger partial charge in [-0.25, -0.2) is 18.6 Å². The first-order valence-electron chi connectivity index (χ1n) is 9.51. The lowest BCUT2D eigenvalue weighted by Gasteiger charge is -2.38. The molecule has 0 saturated carbocycles. The molecule has 0 aliphatic carbocycles. The number of aromatic carboxylic acids is 1. The maximum atomic E-state index is 15.0. The Bertz CT molecular complexity index is 1190. The molecule has 0 amide bonds. The number of carbonyl (C=O) groups is 1. The van der Waals surface area contributed by atoms with Crippen molar-refractivity contribution >= 4 is 22.8 Å². The van der Waals surface area contributed by atoms with Gasteiger partial charge in [0.25, 0.3) is 0 Å². The zero-order valence-corrected chi connectivity index (χ0v) is 16.4. The molecule has 2 atom stereocenters. The van der Waals surface area contributed by atoms with Crippen LogP contribution in [0.5, 0.6) is 0 Å². The standard InChI is InChI=1S/C21H20F2N4O3/c1-11-9-26(12(2)8-24-11)20-17(23)7-15-18(28)16(21(29)30)10-27(19(15)25-20)14-5-3-13(22)4-6-14/h3-7,10-12,24H,8-9H2,1-2H3,(H,29,30). The van der Waals surface area contributed by atoms with Crippen molar-refractivity contribution in [2.24, 2.45) is 0 Å². The van der Waals surface area contributed by atoms with Gasteiger partial charge in [-0.1, -0.05) is 0 Å². The Kier molecular flexibility index (Phi) is 4.98. The molecule has 156 valence electrons. The van der Waals surface area contributed by atoms with Gasteiger partial charge in [0.05, 0.1) is 5.39 Å². The van der Waals surface area contributed by atoms with E-state index in [0.717, 1.165) is 12.3 Å². The highest BCUT2D eigenvalue weighted by Gasteiger charge is 2.27. The van der Waals surface area contributed by atoms with Crippen LogP contribution in [0, 0.1) is 11.6 Å². The van der Waals surface area contributed by atoms with Crippen molar-refractivity contribution in [2.45, 2.75) is 25.9 Å². The number of halogens is 2. The van der Waals surface area contributed by atoms with Crippen LogP contribution in [0.3, 0.4) is 0 Å². The predicted octanol–water partition coefficient (Wildman–Crippen LogP) is 2.55. The number of benzene rings is 1. The molecule has 2 unspecified atom stereocenters. The van der Waals surface area contributed by atoms with Gasteiger partial charge in [0.15, 0.2) is 17.3 Å². The predicted molar refractivity (Wildman–Crippen MR) is 108 cm³/mol. The maximum absolute atomic E-state index is 15.0. The second kappa shape index (κ2) is 7.49. The molecule has 1 saturated heterocycles. The number of carboxylic acid groups (broad SMARTS) is 1. The van der Waals surface area contributed by atoms with E-state index in [-0.39, 0.29) is 28.9 Å². The van der Waals surface area contributed by atoms with E-state index in [4.69, 9.17) is 0 Å². The number of rotatable bonds is 3. The average molecular weight is 414 g/mol. The minimum atomic E-state index is -1.44. The van der Waals surface area contributed by atoms with Crippen LogP contribution in [0.4, 0.5) is 14.6 Å². The van der Waals surface area contributed by atoms with Gasteiger partial charge < -0.3 is 19.9 Å². The summed E-state index contributed by atoms with van der Waals surface area (Å²) >= 11 is 0. The maximum Gasteiger partial charge on any atom is 0.341 e. The van der Waals surface area contributed by atoms with Crippen LogP contribution in [0.1, 0.15) is 24.2 Å². The minimum Gasteiger partial charge on any atom is -0.477 e. The summed E-state index contributed by atoms with van der Waals surface area (Å²) in [5.41, 5.74) is -0.845. The van der Waals surface area contributed by atoms with Crippen LogP contribution in [-0.2, 0) is 0 Å². The number of hydrogen-bond acceptors (Lipinski definition) is 5. The molecule has 0 bridgehead atoms. The monoisotopic (exact) mass is 414 g/mol. The Balaban J connectivity index is 2.01. The molecule has 4 rings (SSSR count). The van der Waals surface area contributed by atoms with Gasteiger partial charge >= 0.3 is 5.97 Å². The summed E-state index contributed by atoms with van der Waals surface area (Å²) in [7, 11) is 0. The number of piperazine rings is 1. The van der Waals surface area contributed by atoms with Crippen molar-refractivity contribution in [3.05, 3.63) is 63.9 Å². The van der Waals surface area contributed by atoms with Crippen molar-refractivity contribution in [1.82, 2.24) is 14.9 Å². The molecule has 0 spiro atoms. The van der Waals surface area contributed by atoms with Crippen LogP contribution in [-0.4, -0.2) is 45.8 Å². The summed E-state index contributed by atoms with van der Waals surface area (Å²) in [6, 6.07) is 6.41. The van der Waals surface area contributed by atoms with Gasteiger partial charge in [0, 0.05) is 37.1 Å². The molecule has 2 aromatic heterocycles. The van der Waals surface area contributed by atoms with Crippen molar-refractivity contribution in [3.63, 3.8) is 0 Å². The number of anilines is 1. The van der Waals surface area contributed by atoms with Crippen LogP contribution in [0.25, 0.3) is 16.7 Å². The second-order valence-electron chi connectivity index (χ2n) is 7.50. The zero-order chi connectivity index (χ0) is 21.6. The quantitative estimate of drug-likeness (QED) is 0.685. The van der Waals surface area contributed by atoms with E-state index < -0.39 is 28.6 Å². The summed E-state index contributed by atoms with van der Waals surface area (Å²) in [4.78, 5) is 30.5. The molecule has 0 radical (unpaired) electrons. The summed E-state index contributed by atoms with van der Waals surface area (Å²) in [6.45, 7) is 5.07. The lowest BCUT2D eigenvalue weighted by molar-refractivity contribution is 0.0695. The van der Waals surface area contributed by atoms with Gasteiger partial charge in [0.1, 0.15) is 11.4 Å². The van der Waals surface area contributed by atoms with Gasteiger partial charge in [-0.2, -0.15) is 0 Å². The molecular weight excluding hydrogens is 394 g/mol. The first-order valence-corrected chi connectivity index (χ1v) is 9.51. The van der Waals surface area contributed by atoms with Crippen LogP contribution >= 0.6 is 0 Å². The second-order valence-corrected chi connectivity index (χ2v) is 7.50. The molecule has 1 aromatic carbocycles. The third-order valence-corrected chi connectivity index (χ3v) is 5.28. The molecule has 1 fully saturated rings. The first kappa shape index (κ1) is 20.0. The Labute approximate surface area is 170 Å². The van der Waals surface area contributed by atoms with E-state index in [2.05, 4.69) is 10.3 Å². The molecule has 3 aromatic rings. The highest BCUT2D eigenvalue weighted by atomic mass is 19.1. The summed E-state index contributed by atoms with van der Waals surface area (Å²) < 4.78 is 29.8. The SMILES string of the molecule is CC1CN(c2nc3c(cc2F)c(=O)c(C(=O)O)cn3-c2ccc(F)cc2)C(C)CN1. The first-order chi connectivity index (χ1) is 14.3. The fourth-order valence-corrected chi connectivity index (χ4v) is 3.68. The third kappa shape index (κ3) is 3.41. The number of pyridine rings is 2. The molecule has 1 aliphatic heterocycles. The van der Waals surface area contributed by atoms with Crippen LogP contribution < -0.4 is 15.6 Å². The molecular formula is C21H20F2N4O3. The molecule has 3 heterocycles. The lowest BCUT2D eigenvalue weighted by Crippen LogP contribution is -2.55. The molecule has 9 heteroatoms. The summed E-state index contributed by atoms with van der Waals surface area (Å²) in [6.07, 6.45) is 1.14. The van der Waals surface area contributed by atoms with Gasteiger partial charge in [-0.15, -0.1) is 0 Å². The highest BCUT2D eigenvalue weighted by Crippen LogP contribution is 2.26. The van der Waals surface area contributed by atoms with Crippen molar-refractivity contribution < 1.29 is 18.7 Å². The summed E-state index contributed by atoms with van der Waals surface area (Å²) in [5, 5.41) is 12.6. The Morgan fingerprint density at radius 3 is 2.60 bits per heavy atom. The van der Waals surface area contributed by atoms with Crippen molar-refractivity contribution in [3.8, 4) is 5.69 Å². The van der Waals surface area contributed by atoms with Gasteiger partial charge in [-0.05, 0) is 44.2 Å². The van der Waals surface area contributed by atoms with E-state index in [0.29, 0.717) is 18.8 Å². The number of hydrogen-bond donors (Lipinski definition) is 2. The highest BCUT2D eigenvalue weighted by molar-refractivity contribution is 5.92. The smallest absolute Gasteiger partial charge is 0.341 e. The van der Waals surface area contributed by atoms with Crippen molar-refractivity contribution in [1.29, 1.82) is 0 Å². The van der Waals surface area contributed by atoms with E-state index in [1.54, 1.807) is 0 Å². The van der Waals surface area contributed by atoms with E-state index >= 15 is 4.39 Å². The summed E-state index contributed by atoms with van der Waals surface area (Å²) in [5.74, 6) is -2.52. The normalized spacial score (nSPS) is 19.3. The number of carboxylic acids is 1. The lowest BCUT2D eigenvalue weighted by atomic mass is 10.1. The average Bonchev–Trinajstić information content (AvgIpc) is 2.71.